The maximum absolute atomic E-state index is 12.4. The smallest absolute Gasteiger partial charge is 0.324 e. The van der Waals surface area contributed by atoms with Gasteiger partial charge in [0.1, 0.15) is 17.5 Å². The van der Waals surface area contributed by atoms with Crippen molar-refractivity contribution >= 4 is 11.9 Å². The highest BCUT2D eigenvalue weighted by Gasteiger charge is 2.37. The molecule has 0 aromatic heterocycles. The van der Waals surface area contributed by atoms with E-state index in [2.05, 4.69) is 5.32 Å². The lowest BCUT2D eigenvalue weighted by Crippen LogP contribution is -2.33. The van der Waals surface area contributed by atoms with Gasteiger partial charge in [-0.25, -0.2) is 4.79 Å². The first-order valence-electron chi connectivity index (χ1n) is 8.61. The summed E-state index contributed by atoms with van der Waals surface area (Å²) in [6, 6.07) is 16.3. The predicted molar refractivity (Wildman–Crippen MR) is 95.6 cm³/mol. The third-order valence-corrected chi connectivity index (χ3v) is 4.16. The van der Waals surface area contributed by atoms with Crippen molar-refractivity contribution in [2.45, 2.75) is 32.2 Å². The van der Waals surface area contributed by atoms with E-state index in [1.807, 2.05) is 61.5 Å². The molecule has 25 heavy (non-hydrogen) atoms. The van der Waals surface area contributed by atoms with E-state index in [1.54, 1.807) is 0 Å². The lowest BCUT2D eigenvalue weighted by atomic mass is 10.1. The highest BCUT2D eigenvalue weighted by molar-refractivity contribution is 6.04. The fraction of sp³-hybridized carbons (Fsp3) is 0.300. The number of carbonyl (C=O) groups is 2. The van der Waals surface area contributed by atoms with Gasteiger partial charge in [-0.3, -0.25) is 9.69 Å². The predicted octanol–water partition coefficient (Wildman–Crippen LogP) is 3.74. The number of urea groups is 1. The van der Waals surface area contributed by atoms with Gasteiger partial charge in [-0.15, -0.1) is 0 Å². The monoisotopic (exact) mass is 338 g/mol. The quantitative estimate of drug-likeness (QED) is 0.782. The van der Waals surface area contributed by atoms with Crippen molar-refractivity contribution < 1.29 is 14.3 Å². The number of nitrogens with one attached hydrogen (secondary N) is 1. The van der Waals surface area contributed by atoms with Crippen LogP contribution in [-0.2, 0) is 11.2 Å². The van der Waals surface area contributed by atoms with Gasteiger partial charge in [0.15, 0.2) is 0 Å². The first-order chi connectivity index (χ1) is 12.2. The van der Waals surface area contributed by atoms with Crippen LogP contribution in [0.2, 0.25) is 0 Å². The molecule has 2 aromatic carbocycles. The zero-order valence-corrected chi connectivity index (χ0v) is 14.3. The maximum atomic E-state index is 12.4. The summed E-state index contributed by atoms with van der Waals surface area (Å²) in [5, 5.41) is 2.78. The number of amides is 3. The molecule has 130 valence electrons. The zero-order valence-electron chi connectivity index (χ0n) is 14.3. The molecule has 3 amide bonds. The molecule has 5 nitrogen and oxygen atoms in total. The number of rotatable bonds is 7. The van der Waals surface area contributed by atoms with Crippen LogP contribution in [0.25, 0.3) is 0 Å². The summed E-state index contributed by atoms with van der Waals surface area (Å²) in [6.07, 6.45) is 2.23. The molecule has 1 heterocycles. The van der Waals surface area contributed by atoms with Gasteiger partial charge in [0.2, 0.25) is 0 Å². The van der Waals surface area contributed by atoms with Crippen molar-refractivity contribution in [2.24, 2.45) is 0 Å². The highest BCUT2D eigenvalue weighted by Crippen LogP contribution is 2.23. The van der Waals surface area contributed by atoms with Gasteiger partial charge >= 0.3 is 6.03 Å². The van der Waals surface area contributed by atoms with Gasteiger partial charge in [0, 0.05) is 13.0 Å². The first-order valence-corrected chi connectivity index (χ1v) is 8.61. The van der Waals surface area contributed by atoms with Crippen molar-refractivity contribution in [2.75, 3.05) is 6.54 Å². The van der Waals surface area contributed by atoms with Crippen molar-refractivity contribution in [3.63, 3.8) is 0 Å². The van der Waals surface area contributed by atoms with Crippen LogP contribution in [0, 0.1) is 0 Å². The molecule has 0 radical (unpaired) electrons. The summed E-state index contributed by atoms with van der Waals surface area (Å²) in [5.41, 5.74) is 0.949. The summed E-state index contributed by atoms with van der Waals surface area (Å²) in [7, 11) is 0. The fourth-order valence-corrected chi connectivity index (χ4v) is 2.84. The molecule has 2 aromatic rings. The van der Waals surface area contributed by atoms with Crippen LogP contribution in [0.3, 0.4) is 0 Å². The number of ether oxygens (including phenoxy) is 1. The molecule has 0 bridgehead atoms. The SMILES string of the molecule is CCCCN1C(=O)NC(Cc2cccc(Oc3ccccc3)c2)C1=O. The summed E-state index contributed by atoms with van der Waals surface area (Å²) in [5.74, 6) is 1.33. The number of carbonyl (C=O) groups excluding carboxylic acids is 2. The van der Waals surface area contributed by atoms with Crippen LogP contribution < -0.4 is 10.1 Å². The minimum Gasteiger partial charge on any atom is -0.457 e. The van der Waals surface area contributed by atoms with Crippen molar-refractivity contribution in [1.29, 1.82) is 0 Å². The summed E-state index contributed by atoms with van der Waals surface area (Å²) in [6.45, 7) is 2.52. The molecule has 1 atom stereocenters. The molecule has 1 fully saturated rings. The third-order valence-electron chi connectivity index (χ3n) is 4.16. The Kier molecular flexibility index (Phi) is 5.33. The largest absolute Gasteiger partial charge is 0.457 e. The van der Waals surface area contributed by atoms with Gasteiger partial charge < -0.3 is 10.1 Å². The number of unbranched alkanes of at least 4 members (excludes halogenated alkanes) is 1. The van der Waals surface area contributed by atoms with E-state index < -0.39 is 6.04 Å². The van der Waals surface area contributed by atoms with Crippen LogP contribution in [0.4, 0.5) is 4.79 Å². The van der Waals surface area contributed by atoms with Crippen LogP contribution in [0.15, 0.2) is 54.6 Å². The second kappa shape index (κ2) is 7.83. The third kappa shape index (κ3) is 4.18. The average molecular weight is 338 g/mol. The van der Waals surface area contributed by atoms with Gasteiger partial charge in [0.05, 0.1) is 0 Å². The summed E-state index contributed by atoms with van der Waals surface area (Å²) >= 11 is 0. The summed E-state index contributed by atoms with van der Waals surface area (Å²) in [4.78, 5) is 25.7. The topological polar surface area (TPSA) is 58.6 Å². The number of benzene rings is 2. The first kappa shape index (κ1) is 17.0. The number of hydrogen-bond acceptors (Lipinski definition) is 3. The van der Waals surface area contributed by atoms with E-state index in [9.17, 15) is 9.59 Å². The Morgan fingerprint density at radius 1 is 1.04 bits per heavy atom. The standard InChI is InChI=1S/C20H22N2O3/c1-2-3-12-22-19(23)18(21-20(22)24)14-15-8-7-11-17(13-15)25-16-9-5-4-6-10-16/h4-11,13,18H,2-3,12,14H2,1H3,(H,21,24). The second-order valence-corrected chi connectivity index (χ2v) is 6.11. The van der Waals surface area contributed by atoms with Gasteiger partial charge in [0.25, 0.3) is 5.91 Å². The Hall–Kier alpha value is -2.82. The molecule has 0 aliphatic carbocycles. The lowest BCUT2D eigenvalue weighted by molar-refractivity contribution is -0.127. The number of hydrogen-bond donors (Lipinski definition) is 1. The van der Waals surface area contributed by atoms with Crippen LogP contribution >= 0.6 is 0 Å². The Bertz CT molecular complexity index is 746. The number of imide groups is 1. The van der Waals surface area contributed by atoms with E-state index in [4.69, 9.17) is 4.74 Å². The van der Waals surface area contributed by atoms with E-state index in [0.29, 0.717) is 18.7 Å². The van der Waals surface area contributed by atoms with Crippen molar-refractivity contribution in [1.82, 2.24) is 10.2 Å². The molecule has 1 unspecified atom stereocenters. The molecular formula is C20H22N2O3. The second-order valence-electron chi connectivity index (χ2n) is 6.11. The Morgan fingerprint density at radius 2 is 1.80 bits per heavy atom. The van der Waals surface area contributed by atoms with Crippen LogP contribution in [0.1, 0.15) is 25.3 Å². The van der Waals surface area contributed by atoms with Crippen LogP contribution in [0.5, 0.6) is 11.5 Å². The lowest BCUT2D eigenvalue weighted by Gasteiger charge is -2.12. The van der Waals surface area contributed by atoms with Crippen molar-refractivity contribution in [3.05, 3.63) is 60.2 Å². The number of nitrogens with zero attached hydrogens (tertiary/aromatic N) is 1. The van der Waals surface area contributed by atoms with Gasteiger partial charge in [-0.1, -0.05) is 43.7 Å². The molecule has 1 aliphatic heterocycles. The van der Waals surface area contributed by atoms with E-state index in [1.165, 1.54) is 4.90 Å². The molecular weight excluding hydrogens is 316 g/mol. The van der Waals surface area contributed by atoms with E-state index >= 15 is 0 Å². The Labute approximate surface area is 147 Å². The molecule has 1 aliphatic rings. The maximum Gasteiger partial charge on any atom is 0.324 e. The van der Waals surface area contributed by atoms with Gasteiger partial charge in [-0.05, 0) is 36.2 Å². The minimum atomic E-state index is -0.503. The normalized spacial score (nSPS) is 16.8. The molecule has 1 N–H and O–H groups in total. The fourth-order valence-electron chi connectivity index (χ4n) is 2.84. The number of para-hydroxylation sites is 1. The highest BCUT2D eigenvalue weighted by atomic mass is 16.5. The molecule has 3 rings (SSSR count). The summed E-state index contributed by atoms with van der Waals surface area (Å²) < 4.78 is 5.82. The molecule has 0 saturated carbocycles. The molecule has 1 saturated heterocycles. The Morgan fingerprint density at radius 3 is 2.56 bits per heavy atom. The van der Waals surface area contributed by atoms with Crippen molar-refractivity contribution in [3.8, 4) is 11.5 Å². The zero-order chi connectivity index (χ0) is 17.6. The minimum absolute atomic E-state index is 0.146. The molecule has 5 heteroatoms. The van der Waals surface area contributed by atoms with Gasteiger partial charge in [-0.2, -0.15) is 0 Å². The van der Waals surface area contributed by atoms with E-state index in [0.717, 1.165) is 24.2 Å². The Balaban J connectivity index is 1.66. The average Bonchev–Trinajstić information content (AvgIpc) is 2.88. The molecule has 0 spiro atoms. The van der Waals surface area contributed by atoms with Crippen LogP contribution in [-0.4, -0.2) is 29.4 Å². The van der Waals surface area contributed by atoms with E-state index in [-0.39, 0.29) is 11.9 Å².